The molecule has 18 heavy (non-hydrogen) atoms. The normalized spacial score (nSPS) is 23.2. The molecule has 0 saturated heterocycles. The van der Waals surface area contributed by atoms with Gasteiger partial charge in [-0.05, 0) is 37.5 Å². The number of hydrogen-bond donors (Lipinski definition) is 2. The van der Waals surface area contributed by atoms with Crippen LogP contribution in [-0.2, 0) is 4.79 Å². The van der Waals surface area contributed by atoms with Crippen LogP contribution < -0.4 is 11.1 Å². The van der Waals surface area contributed by atoms with Crippen molar-refractivity contribution in [2.75, 3.05) is 13.1 Å². The van der Waals surface area contributed by atoms with E-state index in [9.17, 15) is 4.79 Å². The van der Waals surface area contributed by atoms with Crippen LogP contribution in [0.15, 0.2) is 0 Å². The summed E-state index contributed by atoms with van der Waals surface area (Å²) in [5.74, 6) is 0.222. The van der Waals surface area contributed by atoms with Gasteiger partial charge < -0.3 is 11.1 Å². The molecule has 0 radical (unpaired) electrons. The van der Waals surface area contributed by atoms with Crippen molar-refractivity contribution in [3.05, 3.63) is 0 Å². The van der Waals surface area contributed by atoms with E-state index in [1.165, 1.54) is 25.7 Å². The van der Waals surface area contributed by atoms with Crippen LogP contribution in [-0.4, -0.2) is 19.0 Å². The first-order valence-electron chi connectivity index (χ1n) is 7.15. The first-order valence-corrected chi connectivity index (χ1v) is 7.15. The topological polar surface area (TPSA) is 55.1 Å². The highest BCUT2D eigenvalue weighted by Crippen LogP contribution is 2.49. The highest BCUT2D eigenvalue weighted by Gasteiger charge is 2.44. The van der Waals surface area contributed by atoms with E-state index in [0.29, 0.717) is 12.0 Å². The SMILES string of the molecule is CCCC1(CNC(=O)C2(CN)CCCC2)CC1.Cl. The van der Waals surface area contributed by atoms with Crippen molar-refractivity contribution in [3.8, 4) is 0 Å². The molecule has 0 aromatic carbocycles. The van der Waals surface area contributed by atoms with Gasteiger partial charge in [-0.3, -0.25) is 4.79 Å². The monoisotopic (exact) mass is 274 g/mol. The van der Waals surface area contributed by atoms with Crippen molar-refractivity contribution in [1.29, 1.82) is 0 Å². The Morgan fingerprint density at radius 1 is 1.22 bits per heavy atom. The molecule has 0 heterocycles. The number of nitrogens with two attached hydrogens (primary N) is 1. The zero-order chi connectivity index (χ0) is 12.4. The minimum atomic E-state index is -0.234. The fourth-order valence-electron chi connectivity index (χ4n) is 3.25. The van der Waals surface area contributed by atoms with Crippen molar-refractivity contribution in [2.45, 2.75) is 58.3 Å². The minimum Gasteiger partial charge on any atom is -0.355 e. The number of halogens is 1. The van der Waals surface area contributed by atoms with Crippen LogP contribution in [0, 0.1) is 10.8 Å². The largest absolute Gasteiger partial charge is 0.355 e. The van der Waals surface area contributed by atoms with Gasteiger partial charge in [-0.15, -0.1) is 12.4 Å². The van der Waals surface area contributed by atoms with Gasteiger partial charge in [0.2, 0.25) is 5.91 Å². The van der Waals surface area contributed by atoms with Gasteiger partial charge in [-0.2, -0.15) is 0 Å². The quantitative estimate of drug-likeness (QED) is 0.782. The molecule has 106 valence electrons. The van der Waals surface area contributed by atoms with Crippen molar-refractivity contribution >= 4 is 18.3 Å². The predicted molar refractivity (Wildman–Crippen MR) is 76.8 cm³/mol. The summed E-state index contributed by atoms with van der Waals surface area (Å²) in [5, 5.41) is 3.18. The lowest BCUT2D eigenvalue weighted by Gasteiger charge is -2.27. The molecule has 0 bridgehead atoms. The maximum absolute atomic E-state index is 12.3. The molecular weight excluding hydrogens is 248 g/mol. The number of rotatable bonds is 6. The lowest BCUT2D eigenvalue weighted by molar-refractivity contribution is -0.130. The molecule has 0 spiro atoms. The van der Waals surface area contributed by atoms with E-state index in [-0.39, 0.29) is 23.7 Å². The van der Waals surface area contributed by atoms with Crippen LogP contribution in [0.2, 0.25) is 0 Å². The summed E-state index contributed by atoms with van der Waals surface area (Å²) in [6.45, 7) is 3.61. The molecule has 0 aliphatic heterocycles. The number of hydrogen-bond acceptors (Lipinski definition) is 2. The summed E-state index contributed by atoms with van der Waals surface area (Å²) in [6, 6.07) is 0. The molecule has 2 fully saturated rings. The predicted octanol–water partition coefficient (Wildman–Crippen LogP) is 2.62. The lowest BCUT2D eigenvalue weighted by atomic mass is 9.85. The van der Waals surface area contributed by atoms with Gasteiger partial charge in [0.25, 0.3) is 0 Å². The van der Waals surface area contributed by atoms with E-state index >= 15 is 0 Å². The van der Waals surface area contributed by atoms with Crippen molar-refractivity contribution in [1.82, 2.24) is 5.32 Å². The fourth-order valence-corrected chi connectivity index (χ4v) is 3.25. The second kappa shape index (κ2) is 6.25. The van der Waals surface area contributed by atoms with Crippen molar-refractivity contribution in [2.24, 2.45) is 16.6 Å². The summed E-state index contributed by atoms with van der Waals surface area (Å²) < 4.78 is 0. The van der Waals surface area contributed by atoms with Crippen LogP contribution in [0.4, 0.5) is 0 Å². The van der Waals surface area contributed by atoms with Crippen LogP contribution in [0.5, 0.6) is 0 Å². The molecule has 2 saturated carbocycles. The van der Waals surface area contributed by atoms with Crippen LogP contribution >= 0.6 is 12.4 Å². The Morgan fingerprint density at radius 2 is 1.83 bits per heavy atom. The van der Waals surface area contributed by atoms with Crippen LogP contribution in [0.1, 0.15) is 58.3 Å². The minimum absolute atomic E-state index is 0. The van der Waals surface area contributed by atoms with Crippen molar-refractivity contribution < 1.29 is 4.79 Å². The first-order chi connectivity index (χ1) is 8.16. The Morgan fingerprint density at radius 3 is 2.28 bits per heavy atom. The van der Waals surface area contributed by atoms with E-state index in [1.807, 2.05) is 0 Å². The average Bonchev–Trinajstić information content (AvgIpc) is 2.93. The molecule has 3 nitrogen and oxygen atoms in total. The van der Waals surface area contributed by atoms with Gasteiger partial charge in [-0.1, -0.05) is 26.2 Å². The first kappa shape index (κ1) is 15.8. The molecule has 0 aromatic rings. The molecule has 2 aliphatic rings. The standard InChI is InChI=1S/C14H26N2O.ClH/c1-2-5-13(8-9-13)11-16-12(17)14(10-15)6-3-4-7-14;/h2-11,15H2,1H3,(H,16,17);1H. The number of nitrogens with one attached hydrogen (secondary N) is 1. The van der Waals surface area contributed by atoms with Gasteiger partial charge in [0.05, 0.1) is 5.41 Å². The van der Waals surface area contributed by atoms with Gasteiger partial charge >= 0.3 is 0 Å². The molecule has 3 N–H and O–H groups in total. The van der Waals surface area contributed by atoms with Crippen LogP contribution in [0.25, 0.3) is 0 Å². The number of amides is 1. The third-order valence-electron chi connectivity index (χ3n) is 4.79. The zero-order valence-corrected chi connectivity index (χ0v) is 12.3. The summed E-state index contributed by atoms with van der Waals surface area (Å²) in [5.41, 5.74) is 6.03. The molecule has 1 amide bonds. The fraction of sp³-hybridized carbons (Fsp3) is 0.929. The average molecular weight is 275 g/mol. The second-order valence-electron chi connectivity index (χ2n) is 6.12. The van der Waals surface area contributed by atoms with Gasteiger partial charge in [0.15, 0.2) is 0 Å². The summed E-state index contributed by atoms with van der Waals surface area (Å²) in [6.07, 6.45) is 9.33. The molecule has 0 unspecified atom stereocenters. The zero-order valence-electron chi connectivity index (χ0n) is 11.5. The van der Waals surface area contributed by atoms with E-state index in [2.05, 4.69) is 12.2 Å². The Hall–Kier alpha value is -0.280. The lowest BCUT2D eigenvalue weighted by Crippen LogP contribution is -2.45. The van der Waals surface area contributed by atoms with Crippen LogP contribution in [0.3, 0.4) is 0 Å². The smallest absolute Gasteiger partial charge is 0.227 e. The van der Waals surface area contributed by atoms with E-state index in [0.717, 1.165) is 32.2 Å². The highest BCUT2D eigenvalue weighted by molar-refractivity contribution is 5.85. The Balaban J connectivity index is 0.00000162. The van der Waals surface area contributed by atoms with Gasteiger partial charge in [0.1, 0.15) is 0 Å². The summed E-state index contributed by atoms with van der Waals surface area (Å²) in [7, 11) is 0. The summed E-state index contributed by atoms with van der Waals surface area (Å²) >= 11 is 0. The number of carbonyl (C=O) groups is 1. The van der Waals surface area contributed by atoms with E-state index in [1.54, 1.807) is 0 Å². The van der Waals surface area contributed by atoms with Crippen molar-refractivity contribution in [3.63, 3.8) is 0 Å². The molecule has 0 atom stereocenters. The Bertz CT molecular complexity index is 284. The van der Waals surface area contributed by atoms with Gasteiger partial charge in [0, 0.05) is 13.1 Å². The maximum atomic E-state index is 12.3. The highest BCUT2D eigenvalue weighted by atomic mass is 35.5. The Kier molecular flexibility index (Phi) is 5.47. The molecule has 2 rings (SSSR count). The second-order valence-corrected chi connectivity index (χ2v) is 6.12. The molecule has 0 aromatic heterocycles. The molecule has 4 heteroatoms. The summed E-state index contributed by atoms with van der Waals surface area (Å²) in [4.78, 5) is 12.3. The maximum Gasteiger partial charge on any atom is 0.227 e. The Labute approximate surface area is 117 Å². The number of carbonyl (C=O) groups excluding carboxylic acids is 1. The van der Waals surface area contributed by atoms with E-state index in [4.69, 9.17) is 5.73 Å². The van der Waals surface area contributed by atoms with Gasteiger partial charge in [-0.25, -0.2) is 0 Å². The van der Waals surface area contributed by atoms with E-state index < -0.39 is 0 Å². The molecular formula is C14H27ClN2O. The third kappa shape index (κ3) is 3.18. The third-order valence-corrected chi connectivity index (χ3v) is 4.79. The molecule has 2 aliphatic carbocycles.